The van der Waals surface area contributed by atoms with E-state index in [4.69, 9.17) is 4.74 Å². The predicted molar refractivity (Wildman–Crippen MR) is 68.9 cm³/mol. The van der Waals surface area contributed by atoms with Crippen LogP contribution >= 0.6 is 0 Å². The highest BCUT2D eigenvalue weighted by Crippen LogP contribution is 2.15. The fraction of sp³-hybridized carbons (Fsp3) is 0.417. The molecule has 104 valence electrons. The van der Waals surface area contributed by atoms with Crippen molar-refractivity contribution in [3.63, 3.8) is 0 Å². The molecule has 1 amide bonds. The van der Waals surface area contributed by atoms with Crippen molar-refractivity contribution in [3.8, 4) is 0 Å². The molecule has 2 rings (SSSR count). The standard InChI is InChI=1S/C12H16N2O4S/c1-13-11-8-18-7-10(11)12(15)14-19(16,17)9-5-3-2-4-6-9/h2-6,10-11,13H,7-8H2,1H3,(H,14,15). The molecule has 1 saturated heterocycles. The second kappa shape index (κ2) is 5.68. The molecule has 1 aromatic carbocycles. The van der Waals surface area contributed by atoms with Crippen LogP contribution in [-0.4, -0.2) is 40.6 Å². The van der Waals surface area contributed by atoms with E-state index < -0.39 is 21.8 Å². The Kier molecular flexibility index (Phi) is 4.18. The van der Waals surface area contributed by atoms with E-state index in [1.54, 1.807) is 25.2 Å². The Morgan fingerprint density at radius 1 is 1.26 bits per heavy atom. The zero-order valence-corrected chi connectivity index (χ0v) is 11.3. The van der Waals surface area contributed by atoms with Gasteiger partial charge in [0.15, 0.2) is 0 Å². The third kappa shape index (κ3) is 3.12. The largest absolute Gasteiger partial charge is 0.379 e. The highest BCUT2D eigenvalue weighted by Gasteiger charge is 2.35. The highest BCUT2D eigenvalue weighted by atomic mass is 32.2. The number of likely N-dealkylation sites (N-methyl/N-ethyl adjacent to an activating group) is 1. The maximum Gasteiger partial charge on any atom is 0.264 e. The monoisotopic (exact) mass is 284 g/mol. The van der Waals surface area contributed by atoms with Crippen molar-refractivity contribution in [1.29, 1.82) is 0 Å². The van der Waals surface area contributed by atoms with Gasteiger partial charge in [-0.1, -0.05) is 18.2 Å². The number of ether oxygens (including phenoxy) is 1. The first-order valence-electron chi connectivity index (χ1n) is 5.91. The quantitative estimate of drug-likeness (QED) is 0.795. The molecule has 1 aliphatic heterocycles. The second-order valence-electron chi connectivity index (χ2n) is 4.32. The average Bonchev–Trinajstić information content (AvgIpc) is 2.87. The summed E-state index contributed by atoms with van der Waals surface area (Å²) in [4.78, 5) is 12.1. The summed E-state index contributed by atoms with van der Waals surface area (Å²) in [5.74, 6) is -1.04. The SMILES string of the molecule is CNC1COCC1C(=O)NS(=O)(=O)c1ccccc1. The smallest absolute Gasteiger partial charge is 0.264 e. The van der Waals surface area contributed by atoms with Gasteiger partial charge in [-0.3, -0.25) is 4.79 Å². The van der Waals surface area contributed by atoms with Crippen molar-refractivity contribution in [3.05, 3.63) is 30.3 Å². The van der Waals surface area contributed by atoms with Crippen LogP contribution in [-0.2, 0) is 19.6 Å². The Balaban J connectivity index is 2.11. The number of benzene rings is 1. The molecule has 1 fully saturated rings. The van der Waals surface area contributed by atoms with Gasteiger partial charge in [0.05, 0.1) is 24.0 Å². The molecule has 0 aromatic heterocycles. The fourth-order valence-electron chi connectivity index (χ4n) is 1.96. The molecule has 0 aliphatic carbocycles. The maximum atomic E-state index is 12.0. The van der Waals surface area contributed by atoms with Crippen LogP contribution < -0.4 is 10.0 Å². The minimum absolute atomic E-state index is 0.0725. The van der Waals surface area contributed by atoms with Gasteiger partial charge in [-0.15, -0.1) is 0 Å². The van der Waals surface area contributed by atoms with E-state index in [-0.39, 0.29) is 17.5 Å². The van der Waals surface area contributed by atoms with Gasteiger partial charge in [0.25, 0.3) is 10.0 Å². The van der Waals surface area contributed by atoms with E-state index in [1.165, 1.54) is 12.1 Å². The summed E-state index contributed by atoms with van der Waals surface area (Å²) in [7, 11) is -2.10. The number of amides is 1. The lowest BCUT2D eigenvalue weighted by Crippen LogP contribution is -2.44. The van der Waals surface area contributed by atoms with Crippen LogP contribution in [0.5, 0.6) is 0 Å². The lowest BCUT2D eigenvalue weighted by atomic mass is 10.0. The predicted octanol–water partition coefficient (Wildman–Crippen LogP) is -0.274. The van der Waals surface area contributed by atoms with Gasteiger partial charge in [-0.2, -0.15) is 0 Å². The number of nitrogens with one attached hydrogen (secondary N) is 2. The summed E-state index contributed by atoms with van der Waals surface area (Å²) in [6.07, 6.45) is 0. The average molecular weight is 284 g/mol. The lowest BCUT2D eigenvalue weighted by Gasteiger charge is -2.16. The van der Waals surface area contributed by atoms with E-state index in [0.717, 1.165) is 0 Å². The summed E-state index contributed by atoms with van der Waals surface area (Å²) in [6.45, 7) is 0.627. The van der Waals surface area contributed by atoms with E-state index >= 15 is 0 Å². The Bertz CT molecular complexity index is 544. The summed E-state index contributed by atoms with van der Waals surface area (Å²) < 4.78 is 31.3. The van der Waals surface area contributed by atoms with Crippen LogP contribution in [0, 0.1) is 5.92 Å². The van der Waals surface area contributed by atoms with Gasteiger partial charge >= 0.3 is 0 Å². The van der Waals surface area contributed by atoms with Crippen molar-refractivity contribution in [1.82, 2.24) is 10.0 Å². The van der Waals surface area contributed by atoms with Crippen LogP contribution in [0.1, 0.15) is 0 Å². The normalized spacial score (nSPS) is 23.2. The Morgan fingerprint density at radius 3 is 2.58 bits per heavy atom. The molecular formula is C12H16N2O4S. The Labute approximate surface area is 112 Å². The first-order chi connectivity index (χ1) is 9.04. The minimum atomic E-state index is -3.81. The second-order valence-corrected chi connectivity index (χ2v) is 6.00. The van der Waals surface area contributed by atoms with Gasteiger partial charge in [0, 0.05) is 6.04 Å². The molecule has 19 heavy (non-hydrogen) atoms. The van der Waals surface area contributed by atoms with Crippen LogP contribution in [0.25, 0.3) is 0 Å². The number of carbonyl (C=O) groups excluding carboxylic acids is 1. The third-order valence-electron chi connectivity index (χ3n) is 3.08. The third-order valence-corrected chi connectivity index (χ3v) is 4.44. The zero-order chi connectivity index (χ0) is 13.9. The molecule has 0 bridgehead atoms. The van der Waals surface area contributed by atoms with Gasteiger partial charge < -0.3 is 10.1 Å². The first kappa shape index (κ1) is 14.0. The molecule has 2 atom stereocenters. The topological polar surface area (TPSA) is 84.5 Å². The minimum Gasteiger partial charge on any atom is -0.379 e. The summed E-state index contributed by atoms with van der Waals surface area (Å²) in [5, 5.41) is 2.94. The van der Waals surface area contributed by atoms with Crippen molar-refractivity contribution in [2.75, 3.05) is 20.3 Å². The molecule has 1 aromatic rings. The van der Waals surface area contributed by atoms with Crippen molar-refractivity contribution < 1.29 is 17.9 Å². The molecular weight excluding hydrogens is 268 g/mol. The van der Waals surface area contributed by atoms with Crippen molar-refractivity contribution in [2.24, 2.45) is 5.92 Å². The van der Waals surface area contributed by atoms with Crippen LogP contribution in [0.4, 0.5) is 0 Å². The Hall–Kier alpha value is -1.44. The fourth-order valence-corrected chi connectivity index (χ4v) is 3.01. The van der Waals surface area contributed by atoms with E-state index in [2.05, 4.69) is 10.0 Å². The molecule has 1 heterocycles. The Morgan fingerprint density at radius 2 is 1.95 bits per heavy atom. The molecule has 6 nitrogen and oxygen atoms in total. The summed E-state index contributed by atoms with van der Waals surface area (Å²) >= 11 is 0. The number of hydrogen-bond donors (Lipinski definition) is 2. The van der Waals surface area contributed by atoms with Crippen LogP contribution in [0.2, 0.25) is 0 Å². The maximum absolute atomic E-state index is 12.0. The van der Waals surface area contributed by atoms with Gasteiger partial charge in [-0.25, -0.2) is 13.1 Å². The first-order valence-corrected chi connectivity index (χ1v) is 7.39. The molecule has 0 saturated carbocycles. The zero-order valence-electron chi connectivity index (χ0n) is 10.5. The number of sulfonamides is 1. The molecule has 0 spiro atoms. The summed E-state index contributed by atoms with van der Waals surface area (Å²) in [5.41, 5.74) is 0. The lowest BCUT2D eigenvalue weighted by molar-refractivity contribution is -0.123. The van der Waals surface area contributed by atoms with E-state index in [9.17, 15) is 13.2 Å². The summed E-state index contributed by atoms with van der Waals surface area (Å²) in [6, 6.07) is 7.64. The number of hydrogen-bond acceptors (Lipinski definition) is 5. The number of carbonyl (C=O) groups is 1. The molecule has 1 aliphatic rings. The van der Waals surface area contributed by atoms with Crippen LogP contribution in [0.3, 0.4) is 0 Å². The van der Waals surface area contributed by atoms with Gasteiger partial charge in [-0.05, 0) is 19.2 Å². The van der Waals surface area contributed by atoms with E-state index in [0.29, 0.717) is 6.61 Å². The van der Waals surface area contributed by atoms with Gasteiger partial charge in [0.2, 0.25) is 5.91 Å². The highest BCUT2D eigenvalue weighted by molar-refractivity contribution is 7.90. The van der Waals surface area contributed by atoms with Crippen molar-refractivity contribution in [2.45, 2.75) is 10.9 Å². The molecule has 7 heteroatoms. The molecule has 0 radical (unpaired) electrons. The number of rotatable bonds is 4. The van der Waals surface area contributed by atoms with Crippen molar-refractivity contribution >= 4 is 15.9 Å². The van der Waals surface area contributed by atoms with E-state index in [1.807, 2.05) is 0 Å². The molecule has 2 unspecified atom stereocenters. The van der Waals surface area contributed by atoms with Crippen LogP contribution in [0.15, 0.2) is 35.2 Å². The molecule has 2 N–H and O–H groups in total. The van der Waals surface area contributed by atoms with Gasteiger partial charge in [0.1, 0.15) is 0 Å².